The van der Waals surface area contributed by atoms with Crippen LogP contribution in [0.2, 0.25) is 0 Å². The number of hydrogen-bond donors (Lipinski definition) is 1. The van der Waals surface area contributed by atoms with E-state index in [4.69, 9.17) is 9.47 Å². The number of ketones is 1. The summed E-state index contributed by atoms with van der Waals surface area (Å²) in [6.07, 6.45) is 3.04. The lowest BCUT2D eigenvalue weighted by molar-refractivity contribution is -0.125. The van der Waals surface area contributed by atoms with Gasteiger partial charge in [-0.2, -0.15) is 0 Å². The van der Waals surface area contributed by atoms with Crippen molar-refractivity contribution in [2.24, 2.45) is 0 Å². The van der Waals surface area contributed by atoms with Crippen LogP contribution in [0, 0.1) is 0 Å². The van der Waals surface area contributed by atoms with Crippen molar-refractivity contribution in [3.63, 3.8) is 0 Å². The summed E-state index contributed by atoms with van der Waals surface area (Å²) < 4.78 is 10.9. The first kappa shape index (κ1) is 17.9. The molecule has 3 heterocycles. The summed E-state index contributed by atoms with van der Waals surface area (Å²) in [7, 11) is 3.27. The minimum atomic E-state index is -0.241. The molecule has 0 bridgehead atoms. The Kier molecular flexibility index (Phi) is 4.85. The highest BCUT2D eigenvalue weighted by Crippen LogP contribution is 2.43. The van der Waals surface area contributed by atoms with Crippen LogP contribution < -0.4 is 9.47 Å². The maximum Gasteiger partial charge on any atom is 0.161 e. The summed E-state index contributed by atoms with van der Waals surface area (Å²) in [4.78, 5) is 19.7. The number of hydrogen-bond acceptors (Lipinski definition) is 6. The first-order chi connectivity index (χ1) is 13.1. The van der Waals surface area contributed by atoms with Gasteiger partial charge in [-0.25, -0.2) is 0 Å². The van der Waals surface area contributed by atoms with Crippen LogP contribution in [0.25, 0.3) is 0 Å². The summed E-state index contributed by atoms with van der Waals surface area (Å²) in [5.74, 6) is 1.38. The van der Waals surface area contributed by atoms with Gasteiger partial charge in [0.15, 0.2) is 11.5 Å². The molecule has 27 heavy (non-hydrogen) atoms. The molecule has 4 rings (SSSR count). The smallest absolute Gasteiger partial charge is 0.161 e. The normalized spacial score (nSPS) is 22.1. The summed E-state index contributed by atoms with van der Waals surface area (Å²) in [5.41, 5.74) is 3.92. The SMILES string of the molecule is COc1cc2c(cc1OC)C1CC(=O)C(c3cc(CO)ccn3)CN1CC2. The second kappa shape index (κ2) is 7.29. The molecule has 1 fully saturated rings. The van der Waals surface area contributed by atoms with Crippen LogP contribution >= 0.6 is 0 Å². The van der Waals surface area contributed by atoms with Crippen molar-refractivity contribution < 1.29 is 19.4 Å². The van der Waals surface area contributed by atoms with E-state index in [0.29, 0.717) is 18.7 Å². The second-order valence-electron chi connectivity index (χ2n) is 7.14. The molecule has 0 aliphatic carbocycles. The number of piperidine rings is 1. The van der Waals surface area contributed by atoms with Gasteiger partial charge in [0.05, 0.1) is 32.4 Å². The van der Waals surface area contributed by atoms with Gasteiger partial charge in [-0.3, -0.25) is 14.7 Å². The van der Waals surface area contributed by atoms with Gasteiger partial charge in [0.2, 0.25) is 0 Å². The number of methoxy groups -OCH3 is 2. The Balaban J connectivity index is 1.64. The number of carbonyl (C=O) groups excluding carboxylic acids is 1. The van der Waals surface area contributed by atoms with Gasteiger partial charge in [-0.15, -0.1) is 0 Å². The van der Waals surface area contributed by atoms with E-state index in [-0.39, 0.29) is 24.3 Å². The number of Topliss-reactive ketones (excluding diaryl/α,β-unsaturated/α-hetero) is 1. The van der Waals surface area contributed by atoms with Gasteiger partial charge in [-0.05, 0) is 47.4 Å². The number of rotatable bonds is 4. The van der Waals surface area contributed by atoms with Gasteiger partial charge in [0.25, 0.3) is 0 Å². The number of fused-ring (bicyclic) bond motifs is 3. The highest BCUT2D eigenvalue weighted by atomic mass is 16.5. The van der Waals surface area contributed by atoms with Crippen molar-refractivity contribution in [1.82, 2.24) is 9.88 Å². The highest BCUT2D eigenvalue weighted by molar-refractivity contribution is 5.87. The lowest BCUT2D eigenvalue weighted by Crippen LogP contribution is -2.45. The number of nitrogens with zero attached hydrogens (tertiary/aromatic N) is 2. The summed E-state index contributed by atoms with van der Waals surface area (Å²) in [5, 5.41) is 9.37. The van der Waals surface area contributed by atoms with Crippen molar-refractivity contribution in [3.8, 4) is 11.5 Å². The third kappa shape index (κ3) is 3.19. The first-order valence-electron chi connectivity index (χ1n) is 9.21. The number of aliphatic hydroxyl groups excluding tert-OH is 1. The molecule has 2 atom stereocenters. The van der Waals surface area contributed by atoms with Crippen molar-refractivity contribution >= 4 is 5.78 Å². The maximum atomic E-state index is 13.0. The number of carbonyl (C=O) groups is 1. The lowest BCUT2D eigenvalue weighted by atomic mass is 9.81. The average molecular weight is 368 g/mol. The Morgan fingerprint density at radius 3 is 2.74 bits per heavy atom. The Labute approximate surface area is 158 Å². The average Bonchev–Trinajstić information content (AvgIpc) is 2.72. The third-order valence-electron chi connectivity index (χ3n) is 5.70. The Morgan fingerprint density at radius 2 is 2.00 bits per heavy atom. The molecule has 0 spiro atoms. The highest BCUT2D eigenvalue weighted by Gasteiger charge is 2.39. The number of aliphatic hydroxyl groups is 1. The van der Waals surface area contributed by atoms with Gasteiger partial charge in [0.1, 0.15) is 5.78 Å². The Bertz CT molecular complexity index is 867. The Morgan fingerprint density at radius 1 is 1.22 bits per heavy atom. The van der Waals surface area contributed by atoms with Crippen molar-refractivity contribution in [2.45, 2.75) is 31.4 Å². The minimum absolute atomic E-state index is 0.0439. The quantitative estimate of drug-likeness (QED) is 0.892. The molecular weight excluding hydrogens is 344 g/mol. The van der Waals surface area contributed by atoms with Gasteiger partial charge < -0.3 is 14.6 Å². The van der Waals surface area contributed by atoms with E-state index in [1.54, 1.807) is 26.5 Å². The topological polar surface area (TPSA) is 71.9 Å². The zero-order valence-electron chi connectivity index (χ0n) is 15.6. The van der Waals surface area contributed by atoms with Gasteiger partial charge in [-0.1, -0.05) is 0 Å². The maximum absolute atomic E-state index is 13.0. The van der Waals surface area contributed by atoms with Crippen LogP contribution in [0.3, 0.4) is 0 Å². The van der Waals surface area contributed by atoms with Crippen LogP contribution in [0.4, 0.5) is 0 Å². The third-order valence-corrected chi connectivity index (χ3v) is 5.70. The largest absolute Gasteiger partial charge is 0.493 e. The summed E-state index contributed by atoms with van der Waals surface area (Å²) in [6.45, 7) is 1.51. The molecule has 1 aromatic carbocycles. The minimum Gasteiger partial charge on any atom is -0.493 e. The van der Waals surface area contributed by atoms with E-state index in [0.717, 1.165) is 35.5 Å². The van der Waals surface area contributed by atoms with E-state index in [1.165, 1.54) is 5.56 Å². The molecule has 6 heteroatoms. The van der Waals surface area contributed by atoms with Crippen molar-refractivity contribution in [1.29, 1.82) is 0 Å². The molecule has 6 nitrogen and oxygen atoms in total. The van der Waals surface area contributed by atoms with Gasteiger partial charge >= 0.3 is 0 Å². The molecule has 2 aromatic rings. The zero-order chi connectivity index (χ0) is 19.0. The molecule has 142 valence electrons. The second-order valence-corrected chi connectivity index (χ2v) is 7.14. The molecule has 2 aliphatic heterocycles. The number of aromatic nitrogens is 1. The molecular formula is C21H24N2O4. The molecule has 1 aromatic heterocycles. The number of pyridine rings is 1. The fraction of sp³-hybridized carbons (Fsp3) is 0.429. The summed E-state index contributed by atoms with van der Waals surface area (Å²) in [6, 6.07) is 7.74. The molecule has 1 N–H and O–H groups in total. The van der Waals surface area contributed by atoms with Crippen LogP contribution in [-0.4, -0.2) is 48.1 Å². The van der Waals surface area contributed by atoms with E-state index in [1.807, 2.05) is 18.2 Å². The first-order valence-corrected chi connectivity index (χ1v) is 9.21. The standard InChI is InChI=1S/C21H24N2O4/c1-26-20-8-14-4-6-23-11-16(17-7-13(12-24)3-5-22-17)19(25)10-18(23)15(14)9-21(20)27-2/h3,5,7-9,16,18,24H,4,6,10-12H2,1-2H3. The van der Waals surface area contributed by atoms with Crippen LogP contribution in [0.1, 0.15) is 40.8 Å². The zero-order valence-corrected chi connectivity index (χ0v) is 15.6. The molecule has 0 radical (unpaired) electrons. The fourth-order valence-corrected chi connectivity index (χ4v) is 4.25. The number of ether oxygens (including phenoxy) is 2. The Hall–Kier alpha value is -2.44. The fourth-order valence-electron chi connectivity index (χ4n) is 4.25. The molecule has 0 amide bonds. The predicted octanol–water partition coefficient (Wildman–Crippen LogP) is 2.25. The van der Waals surface area contributed by atoms with E-state index >= 15 is 0 Å². The van der Waals surface area contributed by atoms with Crippen molar-refractivity contribution in [2.75, 3.05) is 27.3 Å². The van der Waals surface area contributed by atoms with Gasteiger partial charge in [0, 0.05) is 31.7 Å². The lowest BCUT2D eigenvalue weighted by Gasteiger charge is -2.42. The monoisotopic (exact) mass is 368 g/mol. The number of benzene rings is 1. The summed E-state index contributed by atoms with van der Waals surface area (Å²) >= 11 is 0. The molecule has 2 aliphatic rings. The van der Waals surface area contributed by atoms with Crippen molar-refractivity contribution in [3.05, 3.63) is 52.8 Å². The molecule has 1 saturated heterocycles. The molecule has 0 saturated carbocycles. The van der Waals surface area contributed by atoms with Crippen LogP contribution in [0.5, 0.6) is 11.5 Å². The van der Waals surface area contributed by atoms with E-state index < -0.39 is 0 Å². The predicted molar refractivity (Wildman–Crippen MR) is 100 cm³/mol. The van der Waals surface area contributed by atoms with E-state index in [2.05, 4.69) is 9.88 Å². The molecule has 2 unspecified atom stereocenters. The van der Waals surface area contributed by atoms with E-state index in [9.17, 15) is 9.90 Å². The van der Waals surface area contributed by atoms with Crippen LogP contribution in [0.15, 0.2) is 30.5 Å². The van der Waals surface area contributed by atoms with Crippen LogP contribution in [-0.2, 0) is 17.8 Å².